The highest BCUT2D eigenvalue weighted by Gasteiger charge is 2.37. The number of nitrogens with one attached hydrogen (secondary N) is 1. The zero-order valence-electron chi connectivity index (χ0n) is 22.8. The van der Waals surface area contributed by atoms with E-state index in [4.69, 9.17) is 9.47 Å². The molecule has 7 heteroatoms. The standard InChI is InChI=1S/C29H29N3O4.C2H6/c1-19(23-13-7-10-20-9-5-6-12-24(20)23)32(27(28(33)30-2)21-11-8-16-31-18-21)29(34)25-15-14-22(35-3)17-26(25)36-4;1-2/h5-19,27H,1-4H3,(H,30,33);1-2H3. The molecule has 2 atom stereocenters. The number of hydrogen-bond acceptors (Lipinski definition) is 5. The first-order chi connectivity index (χ1) is 18.5. The number of carbonyl (C=O) groups excluding carboxylic acids is 2. The van der Waals surface area contributed by atoms with Gasteiger partial charge in [0.1, 0.15) is 17.5 Å². The van der Waals surface area contributed by atoms with Crippen LogP contribution in [0.1, 0.15) is 54.3 Å². The molecule has 0 saturated carbocycles. The molecular weight excluding hydrogens is 478 g/mol. The maximum Gasteiger partial charge on any atom is 0.259 e. The van der Waals surface area contributed by atoms with Crippen molar-refractivity contribution in [2.24, 2.45) is 0 Å². The molecular formula is C31H35N3O4. The minimum Gasteiger partial charge on any atom is -0.497 e. The van der Waals surface area contributed by atoms with Gasteiger partial charge < -0.3 is 19.7 Å². The molecule has 4 aromatic rings. The van der Waals surface area contributed by atoms with Crippen molar-refractivity contribution in [2.75, 3.05) is 21.3 Å². The number of hydrogen-bond donors (Lipinski definition) is 1. The highest BCUT2D eigenvalue weighted by atomic mass is 16.5. The molecule has 2 amide bonds. The Bertz CT molecular complexity index is 1370. The third kappa shape index (κ3) is 5.78. The van der Waals surface area contributed by atoms with Gasteiger partial charge in [-0.05, 0) is 41.5 Å². The SMILES string of the molecule is CC.CNC(=O)C(c1cccnc1)N(C(=O)c1ccc(OC)cc1OC)C(C)c1cccc2ccccc12. The number of methoxy groups -OCH3 is 2. The van der Waals surface area contributed by atoms with Crippen LogP contribution in [0.3, 0.4) is 0 Å². The molecule has 0 radical (unpaired) electrons. The lowest BCUT2D eigenvalue weighted by molar-refractivity contribution is -0.126. The lowest BCUT2D eigenvalue weighted by Crippen LogP contribution is -2.44. The highest BCUT2D eigenvalue weighted by Crippen LogP contribution is 2.37. The molecule has 1 heterocycles. The van der Waals surface area contributed by atoms with Crippen LogP contribution < -0.4 is 14.8 Å². The molecule has 2 unspecified atom stereocenters. The first-order valence-corrected chi connectivity index (χ1v) is 12.6. The highest BCUT2D eigenvalue weighted by molar-refractivity contribution is 6.01. The van der Waals surface area contributed by atoms with Gasteiger partial charge in [0.05, 0.1) is 25.8 Å². The molecule has 0 saturated heterocycles. The van der Waals surface area contributed by atoms with Crippen LogP contribution >= 0.6 is 0 Å². The van der Waals surface area contributed by atoms with Crippen LogP contribution in [0.2, 0.25) is 0 Å². The summed E-state index contributed by atoms with van der Waals surface area (Å²) in [4.78, 5) is 33.5. The van der Waals surface area contributed by atoms with Crippen LogP contribution in [0.4, 0.5) is 0 Å². The second kappa shape index (κ2) is 13.2. The Balaban J connectivity index is 0.00000195. The van der Waals surface area contributed by atoms with Gasteiger partial charge in [0.15, 0.2) is 0 Å². The van der Waals surface area contributed by atoms with Crippen molar-refractivity contribution in [3.8, 4) is 11.5 Å². The van der Waals surface area contributed by atoms with Gasteiger partial charge in [0, 0.05) is 31.1 Å². The zero-order valence-corrected chi connectivity index (χ0v) is 22.8. The van der Waals surface area contributed by atoms with Crippen LogP contribution in [-0.4, -0.2) is 43.0 Å². The maximum absolute atomic E-state index is 14.3. The van der Waals surface area contributed by atoms with E-state index in [-0.39, 0.29) is 11.8 Å². The van der Waals surface area contributed by atoms with Crippen molar-refractivity contribution in [3.05, 3.63) is 102 Å². The largest absolute Gasteiger partial charge is 0.497 e. The van der Waals surface area contributed by atoms with Gasteiger partial charge in [-0.2, -0.15) is 0 Å². The van der Waals surface area contributed by atoms with Gasteiger partial charge in [0.2, 0.25) is 5.91 Å². The number of fused-ring (bicyclic) bond motifs is 1. The molecule has 1 N–H and O–H groups in total. The van der Waals surface area contributed by atoms with Crippen LogP contribution in [-0.2, 0) is 4.79 Å². The summed E-state index contributed by atoms with van der Waals surface area (Å²) in [6, 6.07) is 21.1. The lowest BCUT2D eigenvalue weighted by Gasteiger charge is -2.36. The van der Waals surface area contributed by atoms with Crippen LogP contribution in [0.25, 0.3) is 10.8 Å². The minimum atomic E-state index is -0.933. The summed E-state index contributed by atoms with van der Waals surface area (Å²) in [6.07, 6.45) is 3.25. The summed E-state index contributed by atoms with van der Waals surface area (Å²) in [7, 11) is 4.61. The van der Waals surface area contributed by atoms with Crippen LogP contribution in [0.15, 0.2) is 85.2 Å². The van der Waals surface area contributed by atoms with Crippen molar-refractivity contribution < 1.29 is 19.1 Å². The molecule has 4 rings (SSSR count). The van der Waals surface area contributed by atoms with Gasteiger partial charge in [-0.3, -0.25) is 14.6 Å². The number of likely N-dealkylation sites (N-methyl/N-ethyl adjacent to an activating group) is 1. The number of amides is 2. The zero-order chi connectivity index (χ0) is 27.7. The number of benzene rings is 3. The number of carbonyl (C=O) groups is 2. The fourth-order valence-corrected chi connectivity index (χ4v) is 4.51. The third-order valence-electron chi connectivity index (χ3n) is 6.34. The summed E-state index contributed by atoms with van der Waals surface area (Å²) in [5, 5.41) is 4.79. The summed E-state index contributed by atoms with van der Waals surface area (Å²) < 4.78 is 10.9. The number of nitrogens with zero attached hydrogens (tertiary/aromatic N) is 2. The van der Waals surface area contributed by atoms with Gasteiger partial charge >= 0.3 is 0 Å². The normalized spacial score (nSPS) is 11.9. The molecule has 0 aliphatic rings. The second-order valence-corrected chi connectivity index (χ2v) is 8.33. The smallest absolute Gasteiger partial charge is 0.259 e. The van der Waals surface area contributed by atoms with E-state index >= 15 is 0 Å². The molecule has 0 aliphatic carbocycles. The summed E-state index contributed by atoms with van der Waals surface area (Å²) in [5.74, 6) is 0.242. The van der Waals surface area contributed by atoms with Crippen molar-refractivity contribution in [1.82, 2.24) is 15.2 Å². The summed E-state index contributed by atoms with van der Waals surface area (Å²) in [6.45, 7) is 5.93. The maximum atomic E-state index is 14.3. The lowest BCUT2D eigenvalue weighted by atomic mass is 9.95. The molecule has 0 spiro atoms. The predicted octanol–water partition coefficient (Wildman–Crippen LogP) is 5.97. The van der Waals surface area contributed by atoms with Crippen LogP contribution in [0.5, 0.6) is 11.5 Å². The van der Waals surface area contributed by atoms with E-state index in [0.717, 1.165) is 16.3 Å². The van der Waals surface area contributed by atoms with E-state index in [9.17, 15) is 9.59 Å². The number of pyridine rings is 1. The van der Waals surface area contributed by atoms with Crippen molar-refractivity contribution in [1.29, 1.82) is 0 Å². The van der Waals surface area contributed by atoms with E-state index in [1.807, 2.05) is 63.2 Å². The summed E-state index contributed by atoms with van der Waals surface area (Å²) in [5.41, 5.74) is 1.85. The van der Waals surface area contributed by atoms with Crippen molar-refractivity contribution in [3.63, 3.8) is 0 Å². The first-order valence-electron chi connectivity index (χ1n) is 12.6. The number of aromatic nitrogens is 1. The van der Waals surface area contributed by atoms with E-state index in [1.165, 1.54) is 7.11 Å². The second-order valence-electron chi connectivity index (χ2n) is 8.33. The van der Waals surface area contributed by atoms with E-state index < -0.39 is 12.1 Å². The topological polar surface area (TPSA) is 80.8 Å². The molecule has 3 aromatic carbocycles. The van der Waals surface area contributed by atoms with Crippen LogP contribution in [0, 0.1) is 0 Å². The molecule has 0 fully saturated rings. The monoisotopic (exact) mass is 513 g/mol. The molecule has 0 aliphatic heterocycles. The molecule has 38 heavy (non-hydrogen) atoms. The quantitative estimate of drug-likeness (QED) is 0.314. The van der Waals surface area contributed by atoms with Gasteiger partial charge in [-0.1, -0.05) is 62.4 Å². The fraction of sp³-hybridized carbons (Fsp3) is 0.258. The Morgan fingerprint density at radius 2 is 1.66 bits per heavy atom. The fourth-order valence-electron chi connectivity index (χ4n) is 4.51. The third-order valence-corrected chi connectivity index (χ3v) is 6.34. The van der Waals surface area contributed by atoms with Gasteiger partial charge in [-0.15, -0.1) is 0 Å². The van der Waals surface area contributed by atoms with E-state index in [2.05, 4.69) is 10.3 Å². The van der Waals surface area contributed by atoms with E-state index in [1.54, 1.807) is 61.8 Å². The number of ether oxygens (including phenoxy) is 2. The van der Waals surface area contributed by atoms with Crippen molar-refractivity contribution in [2.45, 2.75) is 32.9 Å². The Morgan fingerprint density at radius 3 is 2.32 bits per heavy atom. The Morgan fingerprint density at radius 1 is 0.921 bits per heavy atom. The molecule has 7 nitrogen and oxygen atoms in total. The average Bonchev–Trinajstić information content (AvgIpc) is 2.99. The van der Waals surface area contributed by atoms with E-state index in [0.29, 0.717) is 22.6 Å². The predicted molar refractivity (Wildman–Crippen MR) is 150 cm³/mol. The first kappa shape index (κ1) is 28.2. The van der Waals surface area contributed by atoms with Gasteiger partial charge in [-0.25, -0.2) is 0 Å². The Labute approximate surface area is 224 Å². The molecule has 1 aromatic heterocycles. The van der Waals surface area contributed by atoms with Crippen molar-refractivity contribution >= 4 is 22.6 Å². The molecule has 0 bridgehead atoms. The van der Waals surface area contributed by atoms with Gasteiger partial charge in [0.25, 0.3) is 5.91 Å². The average molecular weight is 514 g/mol. The minimum absolute atomic E-state index is 0.322. The Kier molecular flexibility index (Phi) is 9.82. The number of rotatable bonds is 8. The Hall–Kier alpha value is -4.39. The summed E-state index contributed by atoms with van der Waals surface area (Å²) >= 11 is 0. The molecule has 198 valence electrons.